The number of barbiturate groups is 1. The molecule has 2 aliphatic rings. The minimum atomic E-state index is -0.707. The van der Waals surface area contributed by atoms with Gasteiger partial charge in [-0.2, -0.15) is 0 Å². The number of allylic oxidation sites excluding steroid dienone is 1. The first-order valence-electron chi connectivity index (χ1n) is 12.1. The van der Waals surface area contributed by atoms with Gasteiger partial charge in [-0.15, -0.1) is 6.58 Å². The highest BCUT2D eigenvalue weighted by molar-refractivity contribution is 6.31. The Bertz CT molecular complexity index is 1220. The smallest absolute Gasteiger partial charge is 0.331 e. The number of benzene rings is 2. The summed E-state index contributed by atoms with van der Waals surface area (Å²) >= 11 is 6.29. The average Bonchev–Trinajstić information content (AvgIpc) is 3.37. The lowest BCUT2D eigenvalue weighted by atomic mass is 10.0. The summed E-state index contributed by atoms with van der Waals surface area (Å²) in [5.74, 6) is -0.261. The quantitative estimate of drug-likeness (QED) is 0.276. The molecule has 2 fully saturated rings. The first kappa shape index (κ1) is 25.5. The average molecular weight is 509 g/mol. The van der Waals surface area contributed by atoms with Crippen molar-refractivity contribution < 1.29 is 23.9 Å². The number of carbonyl (C=O) groups excluding carboxylic acids is 3. The van der Waals surface area contributed by atoms with Gasteiger partial charge >= 0.3 is 6.03 Å². The Morgan fingerprint density at radius 1 is 1.11 bits per heavy atom. The van der Waals surface area contributed by atoms with Crippen LogP contribution in [0.1, 0.15) is 49.3 Å². The Morgan fingerprint density at radius 2 is 1.86 bits per heavy atom. The van der Waals surface area contributed by atoms with Crippen LogP contribution in [0, 0.1) is 0 Å². The van der Waals surface area contributed by atoms with E-state index in [0.29, 0.717) is 35.1 Å². The number of carbonyl (C=O) groups is 3. The first-order valence-corrected chi connectivity index (χ1v) is 12.5. The van der Waals surface area contributed by atoms with E-state index < -0.39 is 17.8 Å². The fraction of sp³-hybridized carbons (Fsp3) is 0.321. The molecular formula is C28H29ClN2O5. The largest absolute Gasteiger partial charge is 0.490 e. The van der Waals surface area contributed by atoms with E-state index in [0.717, 1.165) is 36.8 Å². The zero-order chi connectivity index (χ0) is 25.7. The van der Waals surface area contributed by atoms with E-state index >= 15 is 0 Å². The zero-order valence-electron chi connectivity index (χ0n) is 20.2. The maximum absolute atomic E-state index is 13.2. The Balaban J connectivity index is 1.69. The predicted octanol–water partition coefficient (Wildman–Crippen LogP) is 5.45. The molecule has 1 N–H and O–H groups in total. The minimum absolute atomic E-state index is 0.0850. The van der Waals surface area contributed by atoms with Crippen molar-refractivity contribution in [3.05, 3.63) is 76.3 Å². The van der Waals surface area contributed by atoms with Crippen LogP contribution in [0.25, 0.3) is 6.08 Å². The Labute approximate surface area is 215 Å². The van der Waals surface area contributed by atoms with Crippen molar-refractivity contribution in [3.8, 4) is 11.5 Å². The fourth-order valence-electron chi connectivity index (χ4n) is 4.60. The van der Waals surface area contributed by atoms with Crippen molar-refractivity contribution in [3.63, 3.8) is 0 Å². The number of urea groups is 1. The maximum Gasteiger partial charge on any atom is 0.331 e. The van der Waals surface area contributed by atoms with Gasteiger partial charge in [0, 0.05) is 22.2 Å². The molecular weight excluding hydrogens is 480 g/mol. The second-order valence-corrected chi connectivity index (χ2v) is 9.15. The molecule has 36 heavy (non-hydrogen) atoms. The zero-order valence-corrected chi connectivity index (χ0v) is 21.0. The van der Waals surface area contributed by atoms with Gasteiger partial charge in [-0.05, 0) is 56.0 Å². The molecule has 1 aliphatic carbocycles. The van der Waals surface area contributed by atoms with Crippen LogP contribution >= 0.6 is 11.6 Å². The van der Waals surface area contributed by atoms with Crippen molar-refractivity contribution in [2.45, 2.75) is 51.7 Å². The summed E-state index contributed by atoms with van der Waals surface area (Å²) < 4.78 is 12.0. The normalized spacial score (nSPS) is 17.4. The molecule has 2 aromatic rings. The van der Waals surface area contributed by atoms with Gasteiger partial charge in [-0.25, -0.2) is 4.79 Å². The van der Waals surface area contributed by atoms with Crippen LogP contribution in [0.5, 0.6) is 11.5 Å². The van der Waals surface area contributed by atoms with E-state index in [1.807, 2.05) is 31.2 Å². The highest BCUT2D eigenvalue weighted by atomic mass is 35.5. The summed E-state index contributed by atoms with van der Waals surface area (Å²) in [5.41, 5.74) is 2.11. The van der Waals surface area contributed by atoms with Crippen LogP contribution in [0.2, 0.25) is 5.02 Å². The van der Waals surface area contributed by atoms with Gasteiger partial charge in [-0.1, -0.05) is 48.7 Å². The molecule has 4 amide bonds. The van der Waals surface area contributed by atoms with Gasteiger partial charge in [0.2, 0.25) is 0 Å². The van der Waals surface area contributed by atoms with Crippen molar-refractivity contribution in [2.75, 3.05) is 6.61 Å². The van der Waals surface area contributed by atoms with Crippen LogP contribution in [-0.2, 0) is 22.6 Å². The lowest BCUT2D eigenvalue weighted by molar-refractivity contribution is -0.131. The van der Waals surface area contributed by atoms with Crippen molar-refractivity contribution >= 4 is 35.5 Å². The van der Waals surface area contributed by atoms with Crippen molar-refractivity contribution in [1.82, 2.24) is 10.2 Å². The number of hydrogen-bond acceptors (Lipinski definition) is 5. The van der Waals surface area contributed by atoms with Gasteiger partial charge in [0.1, 0.15) is 12.2 Å². The second-order valence-electron chi connectivity index (χ2n) is 8.74. The standard InChI is InChI=1S/C28H29ClN2O5/c1-3-9-19-14-18(15-22-26(32)30-28(34)31(27(22)33)21-11-6-7-12-21)16-24(35-4-2)25(19)36-17-20-10-5-8-13-23(20)29/h3,5,8,10,13-16,21H,1,4,6-7,9,11-12,17H2,2H3,(H,30,32,34)/b22-15+. The Morgan fingerprint density at radius 3 is 2.56 bits per heavy atom. The molecule has 1 saturated heterocycles. The predicted molar refractivity (Wildman–Crippen MR) is 138 cm³/mol. The monoisotopic (exact) mass is 508 g/mol. The third-order valence-corrected chi connectivity index (χ3v) is 6.65. The van der Waals surface area contributed by atoms with E-state index in [9.17, 15) is 14.4 Å². The molecule has 1 heterocycles. The van der Waals surface area contributed by atoms with Gasteiger partial charge in [-0.3, -0.25) is 19.8 Å². The molecule has 0 atom stereocenters. The molecule has 8 heteroatoms. The topological polar surface area (TPSA) is 84.9 Å². The third-order valence-electron chi connectivity index (χ3n) is 6.28. The summed E-state index contributed by atoms with van der Waals surface area (Å²) in [5, 5.41) is 2.92. The number of hydrogen-bond donors (Lipinski definition) is 1. The van der Waals surface area contributed by atoms with Gasteiger partial charge in [0.05, 0.1) is 6.61 Å². The Hall–Kier alpha value is -3.58. The summed E-state index contributed by atoms with van der Waals surface area (Å²) in [4.78, 5) is 39.5. The summed E-state index contributed by atoms with van der Waals surface area (Å²) in [7, 11) is 0. The van der Waals surface area contributed by atoms with Crippen LogP contribution in [-0.4, -0.2) is 35.4 Å². The number of nitrogens with one attached hydrogen (secondary N) is 1. The van der Waals surface area contributed by atoms with Crippen LogP contribution in [0.4, 0.5) is 4.79 Å². The number of nitrogens with zero attached hydrogens (tertiary/aromatic N) is 1. The number of rotatable bonds is 9. The van der Waals surface area contributed by atoms with Crippen molar-refractivity contribution in [1.29, 1.82) is 0 Å². The van der Waals surface area contributed by atoms with Crippen LogP contribution < -0.4 is 14.8 Å². The molecule has 0 unspecified atom stereocenters. The lowest BCUT2D eigenvalue weighted by Gasteiger charge is -2.31. The van der Waals surface area contributed by atoms with E-state index in [2.05, 4.69) is 11.9 Å². The summed E-state index contributed by atoms with van der Waals surface area (Å²) in [6.07, 6.45) is 7.11. The molecule has 0 radical (unpaired) electrons. The van der Waals surface area contributed by atoms with Crippen molar-refractivity contribution in [2.24, 2.45) is 0 Å². The Kier molecular flexibility index (Phi) is 8.10. The highest BCUT2D eigenvalue weighted by Crippen LogP contribution is 2.36. The summed E-state index contributed by atoms with van der Waals surface area (Å²) in [6.45, 7) is 6.33. The molecule has 4 rings (SSSR count). The molecule has 2 aromatic carbocycles. The van der Waals surface area contributed by atoms with Gasteiger partial charge in [0.25, 0.3) is 11.8 Å². The molecule has 0 aromatic heterocycles. The fourth-order valence-corrected chi connectivity index (χ4v) is 4.79. The third kappa shape index (κ3) is 5.46. The van der Waals surface area contributed by atoms with Gasteiger partial charge in [0.15, 0.2) is 11.5 Å². The van der Waals surface area contributed by atoms with Gasteiger partial charge < -0.3 is 9.47 Å². The van der Waals surface area contributed by atoms with E-state index in [1.54, 1.807) is 18.2 Å². The lowest BCUT2D eigenvalue weighted by Crippen LogP contribution is -2.57. The minimum Gasteiger partial charge on any atom is -0.490 e. The molecule has 0 spiro atoms. The van der Waals surface area contributed by atoms with Crippen LogP contribution in [0.15, 0.2) is 54.6 Å². The first-order chi connectivity index (χ1) is 17.4. The number of amides is 4. The maximum atomic E-state index is 13.2. The molecule has 1 saturated carbocycles. The molecule has 188 valence electrons. The molecule has 0 bridgehead atoms. The second kappa shape index (κ2) is 11.4. The summed E-state index contributed by atoms with van der Waals surface area (Å²) in [6, 6.07) is 10.1. The number of ether oxygens (including phenoxy) is 2. The molecule has 1 aliphatic heterocycles. The molecule has 7 nitrogen and oxygen atoms in total. The van der Waals surface area contributed by atoms with Crippen LogP contribution in [0.3, 0.4) is 0 Å². The van der Waals surface area contributed by atoms with E-state index in [4.69, 9.17) is 21.1 Å². The van der Waals surface area contributed by atoms with E-state index in [1.165, 1.54) is 11.0 Å². The van der Waals surface area contributed by atoms with E-state index in [-0.39, 0.29) is 18.2 Å². The highest BCUT2D eigenvalue weighted by Gasteiger charge is 2.40. The number of halogens is 1. The number of imide groups is 2. The SMILES string of the molecule is C=CCc1cc(/C=C2\C(=O)NC(=O)N(C3CCCC3)C2=O)cc(OCC)c1OCc1ccccc1Cl.